The van der Waals surface area contributed by atoms with Gasteiger partial charge in [-0.3, -0.25) is 0 Å². The molecule has 0 aliphatic heterocycles. The number of rotatable bonds is 8. The van der Waals surface area contributed by atoms with Gasteiger partial charge < -0.3 is 0 Å². The minimum atomic E-state index is 0.793. The van der Waals surface area contributed by atoms with Crippen LogP contribution in [0.5, 0.6) is 0 Å². The zero-order valence-electron chi connectivity index (χ0n) is 9.26. The largest absolute Gasteiger partial charge is 0.103 e. The van der Waals surface area contributed by atoms with E-state index in [1.54, 1.807) is 0 Å². The Hall–Kier alpha value is -0.520. The lowest BCUT2D eigenvalue weighted by Crippen LogP contribution is -2.07. The quantitative estimate of drug-likeness (QED) is 0.379. The van der Waals surface area contributed by atoms with Crippen molar-refractivity contribution in [2.24, 2.45) is 11.8 Å². The second kappa shape index (κ2) is 8.10. The molecule has 0 saturated carbocycles. The van der Waals surface area contributed by atoms with E-state index in [0.29, 0.717) is 0 Å². The Bertz CT molecular complexity index is 133. The van der Waals surface area contributed by atoms with E-state index < -0.39 is 0 Å². The smallest absolute Gasteiger partial charge is 0.0322 e. The van der Waals surface area contributed by atoms with Gasteiger partial charge in [0.1, 0.15) is 0 Å². The molecule has 0 amide bonds. The topological polar surface area (TPSA) is 0 Å². The van der Waals surface area contributed by atoms with E-state index in [2.05, 4.69) is 33.1 Å². The minimum Gasteiger partial charge on any atom is -0.103 e. The molecule has 0 aromatic rings. The lowest BCUT2D eigenvalue weighted by molar-refractivity contribution is 0.351. The van der Waals surface area contributed by atoms with Crippen LogP contribution >= 0.6 is 0 Å². The van der Waals surface area contributed by atoms with Crippen LogP contribution in [0.25, 0.3) is 0 Å². The molecular formula is C13H24. The van der Waals surface area contributed by atoms with Crippen LogP contribution in [0.15, 0.2) is 25.3 Å². The Morgan fingerprint density at radius 2 is 1.77 bits per heavy atom. The first kappa shape index (κ1) is 12.5. The Balaban J connectivity index is 3.56. The molecule has 0 bridgehead atoms. The average molecular weight is 180 g/mol. The highest BCUT2D eigenvalue weighted by molar-refractivity contribution is 4.75. The molecular weight excluding hydrogens is 156 g/mol. The third-order valence-electron chi connectivity index (χ3n) is 2.65. The molecule has 0 aromatic heterocycles. The van der Waals surface area contributed by atoms with Crippen LogP contribution in [0.2, 0.25) is 0 Å². The van der Waals surface area contributed by atoms with Crippen LogP contribution in [0.3, 0.4) is 0 Å². The van der Waals surface area contributed by atoms with Gasteiger partial charge in [0.2, 0.25) is 0 Å². The van der Waals surface area contributed by atoms with Crippen molar-refractivity contribution in [3.8, 4) is 0 Å². The van der Waals surface area contributed by atoms with Crippen LogP contribution in [-0.4, -0.2) is 0 Å². The van der Waals surface area contributed by atoms with Crippen molar-refractivity contribution in [3.63, 3.8) is 0 Å². The lowest BCUT2D eigenvalue weighted by atomic mass is 9.87. The highest BCUT2D eigenvalue weighted by atomic mass is 14.2. The Kier molecular flexibility index (Phi) is 7.77. The molecule has 0 rings (SSSR count). The van der Waals surface area contributed by atoms with Crippen molar-refractivity contribution in [2.75, 3.05) is 0 Å². The van der Waals surface area contributed by atoms with Crippen molar-refractivity contribution in [1.82, 2.24) is 0 Å². The second-order valence-electron chi connectivity index (χ2n) is 4.10. The van der Waals surface area contributed by atoms with Crippen LogP contribution in [0, 0.1) is 11.8 Å². The molecule has 0 aliphatic rings. The van der Waals surface area contributed by atoms with Crippen LogP contribution in [0.4, 0.5) is 0 Å². The van der Waals surface area contributed by atoms with Gasteiger partial charge in [0.15, 0.2) is 0 Å². The molecule has 0 heteroatoms. The van der Waals surface area contributed by atoms with Gasteiger partial charge in [-0.25, -0.2) is 0 Å². The highest BCUT2D eigenvalue weighted by Crippen LogP contribution is 2.22. The molecule has 0 radical (unpaired) electrons. The molecule has 0 fully saturated rings. The van der Waals surface area contributed by atoms with E-state index in [9.17, 15) is 0 Å². The Labute approximate surface area is 83.7 Å². The first-order chi connectivity index (χ1) is 6.22. The van der Waals surface area contributed by atoms with Gasteiger partial charge in [0.25, 0.3) is 0 Å². The summed E-state index contributed by atoms with van der Waals surface area (Å²) in [7, 11) is 0. The third kappa shape index (κ3) is 6.62. The molecule has 1 unspecified atom stereocenters. The van der Waals surface area contributed by atoms with E-state index in [1.807, 2.05) is 6.08 Å². The molecule has 1 atom stereocenters. The van der Waals surface area contributed by atoms with Crippen LogP contribution < -0.4 is 0 Å². The summed E-state index contributed by atoms with van der Waals surface area (Å²) in [6.45, 7) is 12.2. The lowest BCUT2D eigenvalue weighted by Gasteiger charge is -2.18. The Morgan fingerprint density at radius 3 is 2.23 bits per heavy atom. The standard InChI is InChI=1S/C13H24/c1-5-7-8-9-11-13(10-6-2)12(3)4/h5-6,12-13H,1-2,7-11H2,3-4H3. The zero-order chi connectivity index (χ0) is 10.1. The van der Waals surface area contributed by atoms with Crippen molar-refractivity contribution >= 4 is 0 Å². The van der Waals surface area contributed by atoms with E-state index in [-0.39, 0.29) is 0 Å². The van der Waals surface area contributed by atoms with Gasteiger partial charge in [-0.15, -0.1) is 13.2 Å². The predicted octanol–water partition coefficient (Wildman–Crippen LogP) is 4.58. The van der Waals surface area contributed by atoms with Gasteiger partial charge in [-0.05, 0) is 37.5 Å². The van der Waals surface area contributed by atoms with Crippen molar-refractivity contribution in [1.29, 1.82) is 0 Å². The molecule has 0 aromatic carbocycles. The summed E-state index contributed by atoms with van der Waals surface area (Å²) in [6, 6.07) is 0. The number of hydrogen-bond acceptors (Lipinski definition) is 0. The van der Waals surface area contributed by atoms with Gasteiger partial charge in [0, 0.05) is 0 Å². The average Bonchev–Trinajstić information content (AvgIpc) is 2.10. The first-order valence-corrected chi connectivity index (χ1v) is 5.44. The highest BCUT2D eigenvalue weighted by Gasteiger charge is 2.10. The summed E-state index contributed by atoms with van der Waals surface area (Å²) in [5.41, 5.74) is 0. The van der Waals surface area contributed by atoms with Crippen molar-refractivity contribution < 1.29 is 0 Å². The van der Waals surface area contributed by atoms with Crippen LogP contribution in [0.1, 0.15) is 46.0 Å². The number of unbranched alkanes of at least 4 members (excludes halogenated alkanes) is 2. The maximum atomic E-state index is 3.81. The fourth-order valence-electron chi connectivity index (χ4n) is 1.63. The molecule has 0 N–H and O–H groups in total. The molecule has 76 valence electrons. The molecule has 0 nitrogen and oxygen atoms in total. The second-order valence-corrected chi connectivity index (χ2v) is 4.10. The summed E-state index contributed by atoms with van der Waals surface area (Å²) < 4.78 is 0. The van der Waals surface area contributed by atoms with Gasteiger partial charge in [0.05, 0.1) is 0 Å². The van der Waals surface area contributed by atoms with E-state index in [4.69, 9.17) is 0 Å². The fraction of sp³-hybridized carbons (Fsp3) is 0.692. The third-order valence-corrected chi connectivity index (χ3v) is 2.65. The molecule has 0 aliphatic carbocycles. The monoisotopic (exact) mass is 180 g/mol. The van der Waals surface area contributed by atoms with Crippen molar-refractivity contribution in [2.45, 2.75) is 46.0 Å². The fourth-order valence-corrected chi connectivity index (χ4v) is 1.63. The molecule has 0 saturated heterocycles. The van der Waals surface area contributed by atoms with Crippen molar-refractivity contribution in [3.05, 3.63) is 25.3 Å². The number of hydrogen-bond donors (Lipinski definition) is 0. The van der Waals surface area contributed by atoms with Gasteiger partial charge in [-0.1, -0.05) is 32.4 Å². The number of allylic oxidation sites excluding steroid dienone is 2. The van der Waals surface area contributed by atoms with E-state index >= 15 is 0 Å². The summed E-state index contributed by atoms with van der Waals surface area (Å²) in [5, 5.41) is 0. The normalized spacial score (nSPS) is 12.8. The molecule has 0 spiro atoms. The summed E-state index contributed by atoms with van der Waals surface area (Å²) in [5.74, 6) is 1.63. The molecule has 0 heterocycles. The van der Waals surface area contributed by atoms with Crippen LogP contribution in [-0.2, 0) is 0 Å². The Morgan fingerprint density at radius 1 is 1.08 bits per heavy atom. The maximum Gasteiger partial charge on any atom is -0.0322 e. The van der Waals surface area contributed by atoms with E-state index in [1.165, 1.54) is 32.1 Å². The van der Waals surface area contributed by atoms with E-state index in [0.717, 1.165) is 11.8 Å². The zero-order valence-corrected chi connectivity index (χ0v) is 9.26. The molecule has 13 heavy (non-hydrogen) atoms. The van der Waals surface area contributed by atoms with Gasteiger partial charge >= 0.3 is 0 Å². The predicted molar refractivity (Wildman–Crippen MR) is 61.8 cm³/mol. The maximum absolute atomic E-state index is 3.81. The first-order valence-electron chi connectivity index (χ1n) is 5.44. The van der Waals surface area contributed by atoms with Gasteiger partial charge in [-0.2, -0.15) is 0 Å². The summed E-state index contributed by atoms with van der Waals surface area (Å²) in [6.07, 6.45) is 10.4. The summed E-state index contributed by atoms with van der Waals surface area (Å²) in [4.78, 5) is 0. The SMILES string of the molecule is C=CCCCCC(CC=C)C(C)C. The summed E-state index contributed by atoms with van der Waals surface area (Å²) >= 11 is 0. The minimum absolute atomic E-state index is 0.793.